The lowest BCUT2D eigenvalue weighted by atomic mass is 9.73. The van der Waals surface area contributed by atoms with Gasteiger partial charge < -0.3 is 18.9 Å². The van der Waals surface area contributed by atoms with E-state index in [0.29, 0.717) is 30.0 Å². The molecule has 0 bridgehead atoms. The van der Waals surface area contributed by atoms with E-state index < -0.39 is 41.8 Å². The second-order valence-corrected chi connectivity index (χ2v) is 10.9. The second-order valence-electron chi connectivity index (χ2n) is 9.61. The molecule has 2 fully saturated rings. The van der Waals surface area contributed by atoms with Gasteiger partial charge in [0.15, 0.2) is 17.4 Å². The number of aliphatic imine (C=N–C) groups is 1. The highest BCUT2D eigenvalue weighted by atomic mass is 79.9. The van der Waals surface area contributed by atoms with E-state index in [-0.39, 0.29) is 11.3 Å². The number of pyridine rings is 1. The lowest BCUT2D eigenvalue weighted by Gasteiger charge is -2.46. The number of hydrogen-bond acceptors (Lipinski definition) is 10. The minimum atomic E-state index is -0.908. The van der Waals surface area contributed by atoms with Crippen LogP contribution in [0.1, 0.15) is 38.3 Å². The molecule has 0 radical (unpaired) electrons. The summed E-state index contributed by atoms with van der Waals surface area (Å²) in [5, 5.41) is 1.21. The maximum atomic E-state index is 12.1. The van der Waals surface area contributed by atoms with Crippen molar-refractivity contribution < 1.29 is 28.5 Å². The highest BCUT2D eigenvalue weighted by Gasteiger charge is 2.66. The van der Waals surface area contributed by atoms with E-state index in [0.717, 1.165) is 15.4 Å². The maximum absolute atomic E-state index is 12.1. The second kappa shape index (κ2) is 9.55. The van der Waals surface area contributed by atoms with Crippen molar-refractivity contribution in [3.8, 4) is 5.75 Å². The Morgan fingerprint density at radius 1 is 1.11 bits per heavy atom. The molecule has 6 rings (SSSR count). The van der Waals surface area contributed by atoms with Crippen LogP contribution < -0.4 is 4.74 Å². The molecular formula is C26H22BrClN4O6. The summed E-state index contributed by atoms with van der Waals surface area (Å²) in [6, 6.07) is 7.70. The van der Waals surface area contributed by atoms with Crippen molar-refractivity contribution in [1.29, 1.82) is 0 Å². The normalized spacial score (nSPS) is 29.2. The number of nitrogens with zero attached hydrogens (tertiary/aromatic N) is 4. The molecule has 4 atom stereocenters. The average molecular weight is 602 g/mol. The number of fused-ring (bicyclic) bond motifs is 2. The zero-order valence-electron chi connectivity index (χ0n) is 20.3. The first-order valence-corrected chi connectivity index (χ1v) is 13.2. The summed E-state index contributed by atoms with van der Waals surface area (Å²) in [6.07, 6.45) is 2.96. The van der Waals surface area contributed by atoms with Crippen LogP contribution in [0, 0.1) is 0 Å². The molecule has 4 heterocycles. The number of ether oxygens (including phenoxy) is 4. The molecule has 1 aromatic carbocycles. The van der Waals surface area contributed by atoms with Gasteiger partial charge in [-0.3, -0.25) is 19.6 Å². The van der Waals surface area contributed by atoms with Crippen LogP contribution in [0.15, 0.2) is 46.3 Å². The number of benzene rings is 1. The van der Waals surface area contributed by atoms with E-state index in [1.165, 1.54) is 20.2 Å². The largest absolute Gasteiger partial charge is 0.490 e. The summed E-state index contributed by atoms with van der Waals surface area (Å²) in [4.78, 5) is 41.4. The van der Waals surface area contributed by atoms with Crippen molar-refractivity contribution in [1.82, 2.24) is 15.0 Å². The fraction of sp³-hybridized carbons (Fsp3) is 0.385. The molecule has 1 unspecified atom stereocenters. The molecule has 2 aromatic heterocycles. The van der Waals surface area contributed by atoms with Gasteiger partial charge in [-0.05, 0) is 34.1 Å². The lowest BCUT2D eigenvalue weighted by molar-refractivity contribution is -0.192. The number of carbonyl (C=O) groups excluding carboxylic acids is 2. The Morgan fingerprint density at radius 2 is 1.89 bits per heavy atom. The van der Waals surface area contributed by atoms with Crippen molar-refractivity contribution in [2.75, 3.05) is 0 Å². The Morgan fingerprint density at radius 3 is 2.66 bits per heavy atom. The number of carbonyl (C=O) groups is 2. The van der Waals surface area contributed by atoms with E-state index in [2.05, 4.69) is 35.9 Å². The summed E-state index contributed by atoms with van der Waals surface area (Å²) in [5.41, 5.74) is 0.910. The fourth-order valence-electron chi connectivity index (χ4n) is 5.49. The Balaban J connectivity index is 1.27. The molecule has 1 spiro atoms. The molecule has 3 aliphatic rings. The Labute approximate surface area is 230 Å². The molecule has 0 amide bonds. The topological polar surface area (TPSA) is 122 Å². The van der Waals surface area contributed by atoms with Crippen LogP contribution in [0.4, 0.5) is 5.69 Å². The van der Waals surface area contributed by atoms with Crippen LogP contribution in [0.25, 0.3) is 10.9 Å². The molecule has 12 heteroatoms. The average Bonchev–Trinajstić information content (AvgIpc) is 3.39. The molecule has 3 aromatic rings. The molecule has 0 N–H and O–H groups in total. The van der Waals surface area contributed by atoms with Crippen molar-refractivity contribution in [2.24, 2.45) is 4.99 Å². The van der Waals surface area contributed by atoms with Gasteiger partial charge in [-0.1, -0.05) is 11.6 Å². The number of esters is 2. The molecule has 1 saturated heterocycles. The molecule has 1 aliphatic carbocycles. The Hall–Kier alpha value is -3.15. The van der Waals surface area contributed by atoms with Gasteiger partial charge >= 0.3 is 11.9 Å². The van der Waals surface area contributed by atoms with Crippen LogP contribution in [0.3, 0.4) is 0 Å². The third-order valence-electron chi connectivity index (χ3n) is 7.02. The number of halogens is 2. The highest BCUT2D eigenvalue weighted by Crippen LogP contribution is 2.53. The van der Waals surface area contributed by atoms with Crippen molar-refractivity contribution in [2.45, 2.75) is 62.6 Å². The van der Waals surface area contributed by atoms with Crippen LogP contribution in [0.2, 0.25) is 5.15 Å². The quantitative estimate of drug-likeness (QED) is 0.308. The predicted octanol–water partition coefficient (Wildman–Crippen LogP) is 4.48. The first kappa shape index (κ1) is 25.1. The van der Waals surface area contributed by atoms with Gasteiger partial charge in [0.05, 0.1) is 17.1 Å². The summed E-state index contributed by atoms with van der Waals surface area (Å²) < 4.78 is 25.2. The van der Waals surface area contributed by atoms with Crippen molar-refractivity contribution >= 4 is 62.3 Å². The zero-order valence-corrected chi connectivity index (χ0v) is 22.7. The summed E-state index contributed by atoms with van der Waals surface area (Å²) in [7, 11) is 0. The van der Waals surface area contributed by atoms with Crippen LogP contribution in [0.5, 0.6) is 5.75 Å². The Bertz CT molecular complexity index is 1480. The van der Waals surface area contributed by atoms with E-state index in [4.69, 9.17) is 30.5 Å². The van der Waals surface area contributed by atoms with Crippen molar-refractivity contribution in [3.63, 3.8) is 0 Å². The van der Waals surface area contributed by atoms with Gasteiger partial charge in [0.25, 0.3) is 0 Å². The van der Waals surface area contributed by atoms with Gasteiger partial charge in [-0.25, -0.2) is 9.97 Å². The molecular weight excluding hydrogens is 580 g/mol. The number of rotatable bonds is 5. The fourth-order valence-corrected chi connectivity index (χ4v) is 6.03. The van der Waals surface area contributed by atoms with E-state index >= 15 is 0 Å². The monoisotopic (exact) mass is 600 g/mol. The number of hydrogen-bond donors (Lipinski definition) is 0. The third kappa shape index (κ3) is 4.42. The van der Waals surface area contributed by atoms with Crippen LogP contribution in [-0.4, -0.2) is 63.1 Å². The van der Waals surface area contributed by atoms with Crippen LogP contribution >= 0.6 is 27.5 Å². The molecule has 1 saturated carbocycles. The van der Waals surface area contributed by atoms with Crippen molar-refractivity contribution in [3.05, 3.63) is 52.1 Å². The smallest absolute Gasteiger partial charge is 0.303 e. The molecule has 38 heavy (non-hydrogen) atoms. The van der Waals surface area contributed by atoms with Gasteiger partial charge in [-0.15, -0.1) is 0 Å². The first-order valence-electron chi connectivity index (χ1n) is 12.0. The molecule has 10 nitrogen and oxygen atoms in total. The summed E-state index contributed by atoms with van der Waals surface area (Å²) in [6.45, 7) is 2.62. The SMILES string of the molecule is CC(=O)O[C@H]1[C@H](C2C=Nc3c(Cl)ncnc32)OC2(CC(Oc3ccc4cc(Br)cnc4c3)C2)[C@H]1OC(C)=O. The minimum absolute atomic E-state index is 0.209. The molecule has 2 aliphatic heterocycles. The first-order chi connectivity index (χ1) is 18.2. The van der Waals surface area contributed by atoms with E-state index in [1.54, 1.807) is 12.4 Å². The summed E-state index contributed by atoms with van der Waals surface area (Å²) >= 11 is 9.64. The van der Waals surface area contributed by atoms with Gasteiger partial charge in [0.1, 0.15) is 35.6 Å². The highest BCUT2D eigenvalue weighted by molar-refractivity contribution is 9.10. The number of aromatic nitrogens is 3. The minimum Gasteiger partial charge on any atom is -0.490 e. The summed E-state index contributed by atoms with van der Waals surface area (Å²) in [5.74, 6) is -0.822. The lowest BCUT2D eigenvalue weighted by Crippen LogP contribution is -2.58. The standard InChI is InChI=1S/C26H22BrClN4O6/c1-12(33)35-23-22(18-10-30-21-20(18)31-11-32-25(21)28)38-26(24(23)36-13(2)34)7-17(8-26)37-16-4-3-14-5-15(27)9-29-19(14)6-16/h3-6,9-11,17-18,22-24H,7-8H2,1-2H3/t17?,18?,22-,23-,24-,26?/m0/s1. The van der Waals surface area contributed by atoms with Gasteiger partial charge in [0.2, 0.25) is 0 Å². The van der Waals surface area contributed by atoms with E-state index in [9.17, 15) is 9.59 Å². The van der Waals surface area contributed by atoms with Gasteiger partial charge in [-0.2, -0.15) is 0 Å². The third-order valence-corrected chi connectivity index (χ3v) is 7.73. The van der Waals surface area contributed by atoms with Gasteiger partial charge in [0, 0.05) is 55.0 Å². The maximum Gasteiger partial charge on any atom is 0.303 e. The molecule has 196 valence electrons. The van der Waals surface area contributed by atoms with E-state index in [1.807, 2.05) is 24.3 Å². The Kier molecular flexibility index (Phi) is 6.32. The predicted molar refractivity (Wildman–Crippen MR) is 140 cm³/mol. The zero-order chi connectivity index (χ0) is 26.6. The van der Waals surface area contributed by atoms with Crippen LogP contribution in [-0.2, 0) is 23.8 Å².